The van der Waals surface area contributed by atoms with Crippen LogP contribution in [0.3, 0.4) is 0 Å². The molecule has 1 heterocycles. The summed E-state index contributed by atoms with van der Waals surface area (Å²) >= 11 is 0. The summed E-state index contributed by atoms with van der Waals surface area (Å²) in [6.45, 7) is 5.87. The predicted octanol–water partition coefficient (Wildman–Crippen LogP) is 0.230. The number of amides is 3. The van der Waals surface area contributed by atoms with Gasteiger partial charge < -0.3 is 20.4 Å². The fourth-order valence-electron chi connectivity index (χ4n) is 3.39. The minimum Gasteiger partial charge on any atom is -0.342 e. The predicted molar refractivity (Wildman–Crippen MR) is 111 cm³/mol. The highest BCUT2D eigenvalue weighted by Gasteiger charge is 2.24. The third-order valence-electron chi connectivity index (χ3n) is 5.10. The van der Waals surface area contributed by atoms with Crippen LogP contribution in [0.4, 0.5) is 10.1 Å². The van der Waals surface area contributed by atoms with E-state index in [0.717, 1.165) is 18.7 Å². The zero-order valence-electron chi connectivity index (χ0n) is 16.9. The molecule has 0 spiro atoms. The highest BCUT2D eigenvalue weighted by molar-refractivity contribution is 6.39. The van der Waals surface area contributed by atoms with Crippen LogP contribution < -0.4 is 15.5 Å². The largest absolute Gasteiger partial charge is 0.342 e. The first-order valence-electron chi connectivity index (χ1n) is 9.96. The van der Waals surface area contributed by atoms with Crippen LogP contribution in [0.25, 0.3) is 0 Å². The summed E-state index contributed by atoms with van der Waals surface area (Å²) in [6, 6.07) is 12.8. The van der Waals surface area contributed by atoms with Gasteiger partial charge in [-0.3, -0.25) is 14.4 Å². The highest BCUT2D eigenvalue weighted by atomic mass is 19.1. The molecule has 3 N–H and O–H groups in total. The van der Waals surface area contributed by atoms with E-state index in [4.69, 9.17) is 0 Å². The minimum absolute atomic E-state index is 0.0449. The molecule has 1 fully saturated rings. The molecule has 1 saturated heterocycles. The number of hydrogen-bond donors (Lipinski definition) is 3. The van der Waals surface area contributed by atoms with E-state index < -0.39 is 17.6 Å². The Morgan fingerprint density at radius 2 is 1.73 bits per heavy atom. The van der Waals surface area contributed by atoms with Gasteiger partial charge in [-0.25, -0.2) is 4.39 Å². The maximum Gasteiger partial charge on any atom is 0.313 e. The van der Waals surface area contributed by atoms with E-state index >= 15 is 0 Å². The lowest BCUT2D eigenvalue weighted by Crippen LogP contribution is -3.15. The summed E-state index contributed by atoms with van der Waals surface area (Å²) in [5.41, 5.74) is 2.12. The number of rotatable bonds is 5. The first-order chi connectivity index (χ1) is 14.4. The number of piperazine rings is 1. The van der Waals surface area contributed by atoms with Gasteiger partial charge in [-0.2, -0.15) is 0 Å². The fraction of sp³-hybridized carbons (Fsp3) is 0.318. The Hall–Kier alpha value is -3.26. The van der Waals surface area contributed by atoms with Crippen molar-refractivity contribution in [3.63, 3.8) is 0 Å². The first kappa shape index (κ1) is 21.4. The Labute approximate surface area is 174 Å². The van der Waals surface area contributed by atoms with E-state index in [-0.39, 0.29) is 5.91 Å². The number of benzene rings is 2. The van der Waals surface area contributed by atoms with Gasteiger partial charge in [-0.15, -0.1) is 0 Å². The second-order valence-corrected chi connectivity index (χ2v) is 7.38. The molecule has 1 aliphatic rings. The number of aryl methyl sites for hydroxylation is 1. The summed E-state index contributed by atoms with van der Waals surface area (Å²) in [4.78, 5) is 39.5. The van der Waals surface area contributed by atoms with Crippen LogP contribution in [0, 0.1) is 12.7 Å². The van der Waals surface area contributed by atoms with Crippen LogP contribution in [0.1, 0.15) is 15.9 Å². The van der Waals surface area contributed by atoms with Crippen LogP contribution in [-0.2, 0) is 9.59 Å². The lowest BCUT2D eigenvalue weighted by Gasteiger charge is -2.32. The van der Waals surface area contributed by atoms with Gasteiger partial charge >= 0.3 is 11.8 Å². The van der Waals surface area contributed by atoms with Gasteiger partial charge in [0.1, 0.15) is 5.82 Å². The average molecular weight is 413 g/mol. The lowest BCUT2D eigenvalue weighted by molar-refractivity contribution is -0.902. The Kier molecular flexibility index (Phi) is 7.13. The third kappa shape index (κ3) is 5.87. The van der Waals surface area contributed by atoms with Crippen LogP contribution >= 0.6 is 0 Å². The summed E-state index contributed by atoms with van der Waals surface area (Å²) in [5.74, 6) is -1.89. The number of quaternary nitrogens is 1. The van der Waals surface area contributed by atoms with E-state index in [1.165, 1.54) is 29.2 Å². The summed E-state index contributed by atoms with van der Waals surface area (Å²) < 4.78 is 12.9. The standard InChI is InChI=1S/C22H25FN4O3/c1-16-3-2-4-17(15-16)22(30)27-13-11-26(12-14-27)10-9-24-20(28)21(29)25-19-7-5-18(23)6-8-19/h2-8,15H,9-14H2,1H3,(H,24,28)(H,25,29)/p+1. The highest BCUT2D eigenvalue weighted by Crippen LogP contribution is 2.08. The van der Waals surface area contributed by atoms with Gasteiger partial charge in [-0.05, 0) is 43.3 Å². The molecule has 0 saturated carbocycles. The maximum absolute atomic E-state index is 12.9. The second kappa shape index (κ2) is 9.98. The number of halogens is 1. The summed E-state index contributed by atoms with van der Waals surface area (Å²) in [6.07, 6.45) is 0. The third-order valence-corrected chi connectivity index (χ3v) is 5.10. The van der Waals surface area contributed by atoms with E-state index in [1.807, 2.05) is 36.1 Å². The van der Waals surface area contributed by atoms with Gasteiger partial charge in [0, 0.05) is 11.3 Å². The number of carbonyl (C=O) groups is 3. The van der Waals surface area contributed by atoms with Crippen molar-refractivity contribution < 1.29 is 23.7 Å². The summed E-state index contributed by atoms with van der Waals surface area (Å²) in [7, 11) is 0. The average Bonchev–Trinajstić information content (AvgIpc) is 2.75. The van der Waals surface area contributed by atoms with E-state index in [0.29, 0.717) is 37.4 Å². The molecule has 0 radical (unpaired) electrons. The van der Waals surface area contributed by atoms with Crippen molar-refractivity contribution in [2.24, 2.45) is 0 Å². The van der Waals surface area contributed by atoms with Crippen LogP contribution in [0.15, 0.2) is 48.5 Å². The van der Waals surface area contributed by atoms with Crippen molar-refractivity contribution in [3.05, 3.63) is 65.5 Å². The van der Waals surface area contributed by atoms with Gasteiger partial charge in [-0.1, -0.05) is 17.7 Å². The molecule has 3 amide bonds. The molecular weight excluding hydrogens is 387 g/mol. The smallest absolute Gasteiger partial charge is 0.313 e. The van der Waals surface area contributed by atoms with Gasteiger partial charge in [0.25, 0.3) is 5.91 Å². The van der Waals surface area contributed by atoms with Crippen molar-refractivity contribution in [2.75, 3.05) is 44.6 Å². The van der Waals surface area contributed by atoms with Crippen LogP contribution in [0.2, 0.25) is 0 Å². The summed E-state index contributed by atoms with van der Waals surface area (Å²) in [5, 5.41) is 5.03. The van der Waals surface area contributed by atoms with E-state index in [1.54, 1.807) is 0 Å². The molecule has 1 aliphatic heterocycles. The molecule has 8 heteroatoms. The first-order valence-corrected chi connectivity index (χ1v) is 9.96. The van der Waals surface area contributed by atoms with Gasteiger partial charge in [0.2, 0.25) is 0 Å². The van der Waals surface area contributed by atoms with Gasteiger partial charge in [0.15, 0.2) is 0 Å². The molecular formula is C22H26FN4O3+. The zero-order valence-corrected chi connectivity index (χ0v) is 16.9. The SMILES string of the molecule is Cc1cccc(C(=O)N2CC[NH+](CCNC(=O)C(=O)Nc3ccc(F)cc3)CC2)c1. The lowest BCUT2D eigenvalue weighted by atomic mass is 10.1. The molecule has 0 bridgehead atoms. The van der Waals surface area contributed by atoms with E-state index in [9.17, 15) is 18.8 Å². The number of nitrogens with one attached hydrogen (secondary N) is 3. The zero-order chi connectivity index (χ0) is 21.5. The van der Waals surface area contributed by atoms with Crippen molar-refractivity contribution in [2.45, 2.75) is 6.92 Å². The van der Waals surface area contributed by atoms with Crippen LogP contribution in [-0.4, -0.2) is 61.9 Å². The molecule has 2 aromatic rings. The molecule has 3 rings (SSSR count). The number of nitrogens with zero attached hydrogens (tertiary/aromatic N) is 1. The Morgan fingerprint density at radius 3 is 2.40 bits per heavy atom. The number of carbonyl (C=O) groups excluding carboxylic acids is 3. The number of anilines is 1. The molecule has 0 atom stereocenters. The monoisotopic (exact) mass is 413 g/mol. The Balaban J connectivity index is 1.37. The van der Waals surface area contributed by atoms with Crippen LogP contribution in [0.5, 0.6) is 0 Å². The van der Waals surface area contributed by atoms with Crippen molar-refractivity contribution in [3.8, 4) is 0 Å². The minimum atomic E-state index is -0.787. The topological polar surface area (TPSA) is 83.0 Å². The Morgan fingerprint density at radius 1 is 1.03 bits per heavy atom. The number of hydrogen-bond acceptors (Lipinski definition) is 3. The molecule has 158 valence electrons. The van der Waals surface area contributed by atoms with Crippen molar-refractivity contribution >= 4 is 23.4 Å². The Bertz CT molecular complexity index is 909. The molecule has 0 unspecified atom stereocenters. The van der Waals surface area contributed by atoms with Crippen molar-refractivity contribution in [1.29, 1.82) is 0 Å². The van der Waals surface area contributed by atoms with Crippen molar-refractivity contribution in [1.82, 2.24) is 10.2 Å². The normalized spacial score (nSPS) is 14.3. The molecule has 2 aromatic carbocycles. The maximum atomic E-state index is 12.9. The second-order valence-electron chi connectivity index (χ2n) is 7.38. The molecule has 7 nitrogen and oxygen atoms in total. The molecule has 0 aliphatic carbocycles. The van der Waals surface area contributed by atoms with E-state index in [2.05, 4.69) is 10.6 Å². The quantitative estimate of drug-likeness (QED) is 0.614. The van der Waals surface area contributed by atoms with Gasteiger partial charge in [0.05, 0.1) is 39.3 Å². The molecule has 0 aromatic heterocycles. The fourth-order valence-corrected chi connectivity index (χ4v) is 3.39. The molecule has 30 heavy (non-hydrogen) atoms.